The lowest BCUT2D eigenvalue weighted by Crippen LogP contribution is -2.50. The average molecular weight is 452 g/mol. The molecule has 2 unspecified atom stereocenters. The van der Waals surface area contributed by atoms with Gasteiger partial charge in [0.25, 0.3) is 0 Å². The van der Waals surface area contributed by atoms with Gasteiger partial charge in [-0.05, 0) is 40.7 Å². The maximum absolute atomic E-state index is 12.1. The van der Waals surface area contributed by atoms with Gasteiger partial charge in [0, 0.05) is 12.1 Å². The van der Waals surface area contributed by atoms with Crippen LogP contribution in [0.4, 0.5) is 0 Å². The topological polar surface area (TPSA) is 115 Å². The first-order valence-corrected chi connectivity index (χ1v) is 11.5. The third-order valence-corrected chi connectivity index (χ3v) is 6.14. The summed E-state index contributed by atoms with van der Waals surface area (Å²) < 4.78 is 0. The summed E-state index contributed by atoms with van der Waals surface area (Å²) in [5.41, 5.74) is 3.79. The molecule has 176 valence electrons. The van der Waals surface area contributed by atoms with Crippen molar-refractivity contribution >= 4 is 5.97 Å². The predicted octanol–water partition coefficient (Wildman–Crippen LogP) is 4.34. The molecule has 8 nitrogen and oxygen atoms in total. The number of carboxylic acids is 1. The lowest BCUT2D eigenvalue weighted by atomic mass is 9.95. The number of H-pyrrole nitrogens is 1. The number of unbranched alkanes of at least 4 members (excludes halogenated alkanes) is 1. The second-order valence-corrected chi connectivity index (χ2v) is 8.44. The minimum absolute atomic E-state index is 0.0834. The first-order valence-electron chi connectivity index (χ1n) is 11.5. The summed E-state index contributed by atoms with van der Waals surface area (Å²) in [5.74, 6) is -0.455. The van der Waals surface area contributed by atoms with Crippen molar-refractivity contribution in [3.63, 3.8) is 0 Å². The van der Waals surface area contributed by atoms with Gasteiger partial charge >= 0.3 is 5.97 Å². The number of aliphatic hydroxyl groups is 1. The normalized spacial score (nSPS) is 14.2. The monoisotopic (exact) mass is 451 g/mol. The highest BCUT2D eigenvalue weighted by Gasteiger charge is 2.34. The van der Waals surface area contributed by atoms with Gasteiger partial charge in [-0.1, -0.05) is 82.1 Å². The molecule has 1 heterocycles. The van der Waals surface area contributed by atoms with Crippen molar-refractivity contribution in [2.45, 2.75) is 65.3 Å². The molecular formula is C25H33N5O3. The van der Waals surface area contributed by atoms with Crippen LogP contribution >= 0.6 is 0 Å². The van der Waals surface area contributed by atoms with Crippen LogP contribution in [0.15, 0.2) is 48.5 Å². The van der Waals surface area contributed by atoms with Crippen molar-refractivity contribution in [3.8, 4) is 22.5 Å². The second-order valence-electron chi connectivity index (χ2n) is 8.44. The number of aromatic amines is 1. The Hall–Kier alpha value is -3.10. The highest BCUT2D eigenvalue weighted by atomic mass is 16.4. The fraction of sp³-hybridized carbons (Fsp3) is 0.440. The first-order chi connectivity index (χ1) is 16.0. The Bertz CT molecular complexity index is 1010. The smallest absolute Gasteiger partial charge is 0.321 e. The van der Waals surface area contributed by atoms with E-state index in [4.69, 9.17) is 0 Å². The van der Waals surface area contributed by atoms with Gasteiger partial charge in [0.1, 0.15) is 12.3 Å². The highest BCUT2D eigenvalue weighted by Crippen LogP contribution is 2.30. The minimum atomic E-state index is -0.898. The number of hydrogen-bond acceptors (Lipinski definition) is 6. The molecule has 8 heteroatoms. The van der Waals surface area contributed by atoms with E-state index in [1.54, 1.807) is 4.90 Å². The number of benzene rings is 2. The summed E-state index contributed by atoms with van der Waals surface area (Å²) in [5, 5.41) is 35.2. The van der Waals surface area contributed by atoms with Crippen LogP contribution in [0.5, 0.6) is 0 Å². The van der Waals surface area contributed by atoms with Crippen molar-refractivity contribution in [3.05, 3.63) is 54.1 Å². The van der Waals surface area contributed by atoms with Crippen LogP contribution in [0.1, 0.15) is 52.0 Å². The molecule has 0 amide bonds. The number of hydrogen-bond donors (Lipinski definition) is 3. The van der Waals surface area contributed by atoms with Crippen LogP contribution in [0, 0.1) is 5.92 Å². The highest BCUT2D eigenvalue weighted by molar-refractivity contribution is 5.80. The average Bonchev–Trinajstić information content (AvgIpc) is 3.37. The summed E-state index contributed by atoms with van der Waals surface area (Å²) >= 11 is 0. The van der Waals surface area contributed by atoms with E-state index < -0.39 is 18.2 Å². The van der Waals surface area contributed by atoms with E-state index >= 15 is 0 Å². The van der Waals surface area contributed by atoms with Crippen LogP contribution in [0.3, 0.4) is 0 Å². The van der Waals surface area contributed by atoms with E-state index in [1.807, 2.05) is 62.4 Å². The molecule has 2 aromatic carbocycles. The second kappa shape index (κ2) is 11.7. The largest absolute Gasteiger partial charge is 0.480 e. The molecule has 0 aliphatic heterocycles. The number of nitrogens with zero attached hydrogens (tertiary/aromatic N) is 4. The zero-order chi connectivity index (χ0) is 23.8. The van der Waals surface area contributed by atoms with Gasteiger partial charge in [0.2, 0.25) is 5.82 Å². The maximum atomic E-state index is 12.1. The first kappa shape index (κ1) is 24.5. The Kier molecular flexibility index (Phi) is 8.68. The van der Waals surface area contributed by atoms with Crippen molar-refractivity contribution in [2.75, 3.05) is 0 Å². The fourth-order valence-electron chi connectivity index (χ4n) is 4.08. The molecule has 0 radical (unpaired) electrons. The molecule has 0 spiro atoms. The SMILES string of the molecule is CCCCC(O)N(Cc1ccc(-c2ccccc2-c2nn[nH]n2)cc1)[C@H](C(=O)O)C(C)CC. The number of aliphatic carboxylic acids is 1. The number of tetrazole rings is 1. The van der Waals surface area contributed by atoms with Crippen molar-refractivity contribution in [1.82, 2.24) is 25.5 Å². The molecule has 0 aliphatic rings. The zero-order valence-electron chi connectivity index (χ0n) is 19.5. The van der Waals surface area contributed by atoms with Crippen molar-refractivity contribution in [1.29, 1.82) is 0 Å². The molecule has 3 rings (SSSR count). The standard InChI is InChI=1S/C25H33N5O3/c1-4-6-11-22(31)30(23(25(32)33)17(3)5-2)16-18-12-14-19(15-13-18)20-9-7-8-10-21(20)24-26-28-29-27-24/h7-10,12-15,17,22-23,31H,4-6,11,16H2,1-3H3,(H,32,33)(H,26,27,28,29)/t17?,22?,23-/m0/s1. The predicted molar refractivity (Wildman–Crippen MR) is 127 cm³/mol. The van der Waals surface area contributed by atoms with Crippen LogP contribution in [0.25, 0.3) is 22.5 Å². The van der Waals surface area contributed by atoms with E-state index in [0.717, 1.165) is 41.5 Å². The Balaban J connectivity index is 1.87. The van der Waals surface area contributed by atoms with Crippen molar-refractivity contribution in [2.24, 2.45) is 5.92 Å². The molecule has 1 aromatic heterocycles. The van der Waals surface area contributed by atoms with Gasteiger partial charge in [-0.25, -0.2) is 0 Å². The Morgan fingerprint density at radius 3 is 2.36 bits per heavy atom. The van der Waals surface area contributed by atoms with E-state index in [0.29, 0.717) is 18.8 Å². The lowest BCUT2D eigenvalue weighted by Gasteiger charge is -2.36. The molecule has 0 bridgehead atoms. The van der Waals surface area contributed by atoms with Crippen molar-refractivity contribution < 1.29 is 15.0 Å². The van der Waals surface area contributed by atoms with Gasteiger partial charge in [-0.15, -0.1) is 10.2 Å². The van der Waals surface area contributed by atoms with Gasteiger partial charge in [-0.3, -0.25) is 9.69 Å². The molecule has 0 saturated carbocycles. The maximum Gasteiger partial charge on any atom is 0.321 e. The van der Waals surface area contributed by atoms with Crippen LogP contribution in [-0.4, -0.2) is 54.0 Å². The molecular weight excluding hydrogens is 418 g/mol. The fourth-order valence-corrected chi connectivity index (χ4v) is 4.08. The van der Waals surface area contributed by atoms with E-state index in [-0.39, 0.29) is 5.92 Å². The van der Waals surface area contributed by atoms with E-state index in [2.05, 4.69) is 27.5 Å². The molecule has 0 saturated heterocycles. The third kappa shape index (κ3) is 6.03. The molecule has 3 atom stereocenters. The lowest BCUT2D eigenvalue weighted by molar-refractivity contribution is -0.153. The third-order valence-electron chi connectivity index (χ3n) is 6.14. The number of aromatic nitrogens is 4. The summed E-state index contributed by atoms with van der Waals surface area (Å²) in [4.78, 5) is 13.9. The van der Waals surface area contributed by atoms with E-state index in [1.165, 1.54) is 0 Å². The molecule has 33 heavy (non-hydrogen) atoms. The number of carbonyl (C=O) groups is 1. The molecule has 0 fully saturated rings. The summed E-state index contributed by atoms with van der Waals surface area (Å²) in [7, 11) is 0. The van der Waals surface area contributed by atoms with Crippen LogP contribution in [0.2, 0.25) is 0 Å². The zero-order valence-corrected chi connectivity index (χ0v) is 19.5. The van der Waals surface area contributed by atoms with Gasteiger partial charge in [-0.2, -0.15) is 5.21 Å². The van der Waals surface area contributed by atoms with Gasteiger partial charge in [0.15, 0.2) is 0 Å². The quantitative estimate of drug-likeness (QED) is 0.351. The van der Waals surface area contributed by atoms with E-state index in [9.17, 15) is 15.0 Å². The number of aliphatic hydroxyl groups excluding tert-OH is 1. The minimum Gasteiger partial charge on any atom is -0.480 e. The summed E-state index contributed by atoms with van der Waals surface area (Å²) in [6.45, 7) is 6.33. The molecule has 3 N–H and O–H groups in total. The van der Waals surface area contributed by atoms with Crippen LogP contribution in [-0.2, 0) is 11.3 Å². The number of nitrogens with one attached hydrogen (secondary N) is 1. The summed E-state index contributed by atoms with van der Waals surface area (Å²) in [6.07, 6.45) is 2.25. The van der Waals surface area contributed by atoms with Gasteiger partial charge in [0.05, 0.1) is 0 Å². The summed E-state index contributed by atoms with van der Waals surface area (Å²) in [6, 6.07) is 15.1. The Morgan fingerprint density at radius 2 is 1.79 bits per heavy atom. The Labute approximate surface area is 194 Å². The number of rotatable bonds is 12. The van der Waals surface area contributed by atoms with Crippen LogP contribution < -0.4 is 0 Å². The Morgan fingerprint density at radius 1 is 1.09 bits per heavy atom. The molecule has 0 aliphatic carbocycles. The molecule has 3 aromatic rings. The van der Waals surface area contributed by atoms with Gasteiger partial charge < -0.3 is 10.2 Å². The number of carboxylic acid groups (broad SMARTS) is 1.